The van der Waals surface area contributed by atoms with Crippen LogP contribution in [-0.4, -0.2) is 16.7 Å². The molecule has 144 valence electrons. The number of carbonyl (C=O) groups excluding carboxylic acids is 2. The fourth-order valence-corrected chi connectivity index (χ4v) is 3.49. The van der Waals surface area contributed by atoms with E-state index in [1.807, 2.05) is 0 Å². The average molecular weight is 426 g/mol. The number of nitrogen functional groups attached to an aromatic ring is 1. The molecule has 29 heavy (non-hydrogen) atoms. The molecule has 1 amide bonds. The molecule has 6 nitrogen and oxygen atoms in total. The van der Waals surface area contributed by atoms with Gasteiger partial charge in [0.2, 0.25) is 11.7 Å². The molecule has 0 saturated carbocycles. The van der Waals surface area contributed by atoms with Crippen LogP contribution in [-0.2, 0) is 0 Å². The molecule has 0 spiro atoms. The highest BCUT2D eigenvalue weighted by atomic mass is 35.5. The molecule has 0 aliphatic rings. The zero-order valence-electron chi connectivity index (χ0n) is 14.8. The fourth-order valence-electron chi connectivity index (χ4n) is 2.99. The van der Waals surface area contributed by atoms with Crippen LogP contribution in [0.5, 0.6) is 0 Å². The number of rotatable bonds is 4. The van der Waals surface area contributed by atoms with E-state index < -0.39 is 11.7 Å². The van der Waals surface area contributed by atoms with Crippen LogP contribution in [0.3, 0.4) is 0 Å². The van der Waals surface area contributed by atoms with Gasteiger partial charge in [0.1, 0.15) is 5.58 Å². The number of nitrogens with two attached hydrogens (primary N) is 2. The minimum absolute atomic E-state index is 0.00890. The van der Waals surface area contributed by atoms with Gasteiger partial charge in [-0.3, -0.25) is 14.6 Å². The SMILES string of the molecule is NC(=O)c1cncc(-c2ccc3c(N)c(C(=O)c4ccc(Cl)cc4Cl)oc3c2)c1. The molecule has 2 aromatic carbocycles. The largest absolute Gasteiger partial charge is 0.450 e. The summed E-state index contributed by atoms with van der Waals surface area (Å²) in [6.07, 6.45) is 2.99. The van der Waals surface area contributed by atoms with Crippen molar-refractivity contribution in [1.29, 1.82) is 0 Å². The van der Waals surface area contributed by atoms with Crippen molar-refractivity contribution >= 4 is 51.5 Å². The van der Waals surface area contributed by atoms with E-state index in [0.29, 0.717) is 21.6 Å². The van der Waals surface area contributed by atoms with E-state index in [1.54, 1.807) is 36.5 Å². The van der Waals surface area contributed by atoms with Crippen LogP contribution in [0.2, 0.25) is 10.0 Å². The maximum atomic E-state index is 12.9. The third-order valence-electron chi connectivity index (χ3n) is 4.47. The number of pyridine rings is 1. The highest BCUT2D eigenvalue weighted by Crippen LogP contribution is 2.34. The molecule has 0 aliphatic carbocycles. The molecule has 4 aromatic rings. The van der Waals surface area contributed by atoms with Gasteiger partial charge in [0.05, 0.1) is 16.3 Å². The number of fused-ring (bicyclic) bond motifs is 1. The molecule has 8 heteroatoms. The first kappa shape index (κ1) is 19.0. The Morgan fingerprint density at radius 1 is 0.966 bits per heavy atom. The lowest BCUT2D eigenvalue weighted by atomic mass is 10.0. The van der Waals surface area contributed by atoms with Crippen molar-refractivity contribution in [3.05, 3.63) is 81.8 Å². The third kappa shape index (κ3) is 3.44. The number of nitrogens with zero attached hydrogens (tertiary/aromatic N) is 1. The first-order chi connectivity index (χ1) is 13.8. The number of hydrogen-bond donors (Lipinski definition) is 2. The van der Waals surface area contributed by atoms with E-state index >= 15 is 0 Å². The Kier molecular flexibility index (Phi) is 4.74. The van der Waals surface area contributed by atoms with E-state index in [2.05, 4.69) is 4.98 Å². The van der Waals surface area contributed by atoms with Crippen molar-refractivity contribution in [1.82, 2.24) is 4.98 Å². The molecule has 0 atom stereocenters. The lowest BCUT2D eigenvalue weighted by molar-refractivity contribution is 0.0996. The standard InChI is InChI=1S/C21H13Cl2N3O3/c22-13-2-4-14(16(23)7-13)19(27)20-18(24)15-3-1-10(6-17(15)29-20)11-5-12(21(25)28)9-26-8-11/h1-9H,24H2,(H2,25,28). The van der Waals surface area contributed by atoms with Crippen molar-refractivity contribution in [2.75, 3.05) is 5.73 Å². The van der Waals surface area contributed by atoms with Gasteiger partial charge in [-0.05, 0) is 42.0 Å². The topological polar surface area (TPSA) is 112 Å². The van der Waals surface area contributed by atoms with Crippen LogP contribution < -0.4 is 11.5 Å². The number of hydrogen-bond acceptors (Lipinski definition) is 5. The fraction of sp³-hybridized carbons (Fsp3) is 0. The van der Waals surface area contributed by atoms with Gasteiger partial charge in [-0.1, -0.05) is 29.3 Å². The summed E-state index contributed by atoms with van der Waals surface area (Å²) in [5, 5.41) is 1.21. The molecule has 2 aromatic heterocycles. The predicted molar refractivity (Wildman–Crippen MR) is 112 cm³/mol. The number of halogens is 2. The number of furan rings is 1. The van der Waals surface area contributed by atoms with Gasteiger partial charge in [-0.25, -0.2) is 0 Å². The van der Waals surface area contributed by atoms with Crippen LogP contribution in [0, 0.1) is 0 Å². The second kappa shape index (κ2) is 7.24. The summed E-state index contributed by atoms with van der Waals surface area (Å²) in [5.41, 5.74) is 14.0. The summed E-state index contributed by atoms with van der Waals surface area (Å²) in [5.74, 6) is -1.03. The van der Waals surface area contributed by atoms with Gasteiger partial charge < -0.3 is 15.9 Å². The number of aromatic nitrogens is 1. The normalized spacial score (nSPS) is 11.0. The molecular weight excluding hydrogens is 413 g/mol. The van der Waals surface area contributed by atoms with E-state index in [4.69, 9.17) is 39.1 Å². The van der Waals surface area contributed by atoms with Crippen LogP contribution in [0.1, 0.15) is 26.5 Å². The van der Waals surface area contributed by atoms with Gasteiger partial charge >= 0.3 is 0 Å². The van der Waals surface area contributed by atoms with Crippen molar-refractivity contribution in [3.63, 3.8) is 0 Å². The summed E-state index contributed by atoms with van der Waals surface area (Å²) < 4.78 is 5.76. The van der Waals surface area contributed by atoms with E-state index in [0.717, 1.165) is 5.56 Å². The Hall–Kier alpha value is -3.35. The molecule has 0 saturated heterocycles. The molecule has 0 fully saturated rings. The van der Waals surface area contributed by atoms with Crippen molar-refractivity contribution in [2.24, 2.45) is 5.73 Å². The molecule has 0 unspecified atom stereocenters. The van der Waals surface area contributed by atoms with Crippen LogP contribution in [0.4, 0.5) is 5.69 Å². The molecule has 4 rings (SSSR count). The zero-order chi connectivity index (χ0) is 20.7. The lowest BCUT2D eigenvalue weighted by Gasteiger charge is -2.03. The Morgan fingerprint density at radius 2 is 1.76 bits per heavy atom. The van der Waals surface area contributed by atoms with Crippen LogP contribution >= 0.6 is 23.2 Å². The van der Waals surface area contributed by atoms with E-state index in [9.17, 15) is 9.59 Å². The summed E-state index contributed by atoms with van der Waals surface area (Å²) in [7, 11) is 0. The van der Waals surface area contributed by atoms with Crippen molar-refractivity contribution in [2.45, 2.75) is 0 Å². The molecule has 0 radical (unpaired) electrons. The summed E-state index contributed by atoms with van der Waals surface area (Å²) in [4.78, 5) is 28.3. The summed E-state index contributed by atoms with van der Waals surface area (Å²) in [6, 6.07) is 11.4. The predicted octanol–water partition coefficient (Wildman–Crippen LogP) is 4.71. The Balaban J connectivity index is 1.79. The highest BCUT2D eigenvalue weighted by molar-refractivity contribution is 6.37. The number of anilines is 1. The van der Waals surface area contributed by atoms with Gasteiger partial charge in [-0.2, -0.15) is 0 Å². The Labute approximate surface area is 175 Å². The molecule has 4 N–H and O–H groups in total. The van der Waals surface area contributed by atoms with Gasteiger partial charge in [0.25, 0.3) is 0 Å². The Morgan fingerprint density at radius 3 is 2.48 bits per heavy atom. The monoisotopic (exact) mass is 425 g/mol. The van der Waals surface area contributed by atoms with E-state index in [1.165, 1.54) is 18.3 Å². The van der Waals surface area contributed by atoms with Gasteiger partial charge in [-0.15, -0.1) is 0 Å². The smallest absolute Gasteiger partial charge is 0.250 e. The van der Waals surface area contributed by atoms with Crippen molar-refractivity contribution in [3.8, 4) is 11.1 Å². The average Bonchev–Trinajstić information content (AvgIpc) is 3.03. The second-order valence-electron chi connectivity index (χ2n) is 6.34. The van der Waals surface area contributed by atoms with Gasteiger partial charge in [0.15, 0.2) is 5.76 Å². The van der Waals surface area contributed by atoms with Gasteiger partial charge in [0, 0.05) is 33.9 Å². The van der Waals surface area contributed by atoms with E-state index in [-0.39, 0.29) is 27.6 Å². The molecule has 0 aliphatic heterocycles. The van der Waals surface area contributed by atoms with Crippen molar-refractivity contribution < 1.29 is 14.0 Å². The zero-order valence-corrected chi connectivity index (χ0v) is 16.3. The minimum atomic E-state index is -0.574. The third-order valence-corrected chi connectivity index (χ3v) is 5.01. The number of amides is 1. The second-order valence-corrected chi connectivity index (χ2v) is 7.18. The van der Waals surface area contributed by atoms with Crippen LogP contribution in [0.15, 0.2) is 59.3 Å². The number of ketones is 1. The molecular formula is C21H13Cl2N3O3. The maximum absolute atomic E-state index is 12.9. The first-order valence-electron chi connectivity index (χ1n) is 8.42. The number of benzene rings is 2. The highest BCUT2D eigenvalue weighted by Gasteiger charge is 2.22. The minimum Gasteiger partial charge on any atom is -0.450 e. The number of carbonyl (C=O) groups is 2. The Bertz CT molecular complexity index is 1300. The lowest BCUT2D eigenvalue weighted by Crippen LogP contribution is -2.11. The molecule has 0 bridgehead atoms. The molecule has 2 heterocycles. The summed E-state index contributed by atoms with van der Waals surface area (Å²) >= 11 is 12.0. The van der Waals surface area contributed by atoms with Crippen LogP contribution in [0.25, 0.3) is 22.1 Å². The first-order valence-corrected chi connectivity index (χ1v) is 9.17. The maximum Gasteiger partial charge on any atom is 0.250 e. The number of primary amides is 1. The summed E-state index contributed by atoms with van der Waals surface area (Å²) in [6.45, 7) is 0. The quantitative estimate of drug-likeness (QED) is 0.459.